The van der Waals surface area contributed by atoms with Crippen molar-refractivity contribution in [2.45, 2.75) is 50.7 Å². The van der Waals surface area contributed by atoms with Crippen molar-refractivity contribution in [2.24, 2.45) is 0 Å². The Balaban J connectivity index is 1.11. The number of hydrogen-bond acceptors (Lipinski definition) is 6. The fourth-order valence-corrected chi connectivity index (χ4v) is 6.04. The summed E-state index contributed by atoms with van der Waals surface area (Å²) in [6.45, 7) is 3.96. The van der Waals surface area contributed by atoms with Gasteiger partial charge in [-0.1, -0.05) is 48.5 Å². The lowest BCUT2D eigenvalue weighted by Gasteiger charge is -2.32. The molecule has 1 amide bonds. The van der Waals surface area contributed by atoms with Gasteiger partial charge in [0.15, 0.2) is 11.6 Å². The topological polar surface area (TPSA) is 86.5 Å². The van der Waals surface area contributed by atoms with E-state index < -0.39 is 0 Å². The second-order valence-electron chi connectivity index (χ2n) is 10.7. The molecule has 39 heavy (non-hydrogen) atoms. The van der Waals surface area contributed by atoms with E-state index in [1.807, 2.05) is 35.0 Å². The minimum Gasteiger partial charge on any atom is -0.394 e. The van der Waals surface area contributed by atoms with Crippen LogP contribution in [-0.4, -0.2) is 69.0 Å². The molecule has 2 fully saturated rings. The highest BCUT2D eigenvalue weighted by Crippen LogP contribution is 2.27. The molecule has 2 saturated heterocycles. The first-order valence-corrected chi connectivity index (χ1v) is 14.0. The number of nitrogens with one attached hydrogen (secondary N) is 1. The fraction of sp³-hybridized carbons (Fsp3) is 0.387. The Hall–Kier alpha value is -3.75. The van der Waals surface area contributed by atoms with Crippen molar-refractivity contribution in [3.8, 4) is 5.82 Å². The van der Waals surface area contributed by atoms with E-state index in [4.69, 9.17) is 0 Å². The van der Waals surface area contributed by atoms with Crippen LogP contribution in [0.2, 0.25) is 0 Å². The maximum Gasteiger partial charge on any atom is 0.224 e. The first kappa shape index (κ1) is 25.5. The number of carbonyl (C=O) groups is 1. The smallest absolute Gasteiger partial charge is 0.224 e. The molecule has 2 aliphatic heterocycles. The van der Waals surface area contributed by atoms with Crippen LogP contribution in [0.4, 0.5) is 5.82 Å². The molecule has 4 aromatic rings. The van der Waals surface area contributed by atoms with E-state index in [1.54, 1.807) is 0 Å². The molecule has 0 aliphatic carbocycles. The number of amides is 1. The Morgan fingerprint density at radius 2 is 1.64 bits per heavy atom. The van der Waals surface area contributed by atoms with Gasteiger partial charge >= 0.3 is 0 Å². The van der Waals surface area contributed by atoms with Gasteiger partial charge in [0.1, 0.15) is 0 Å². The third kappa shape index (κ3) is 5.67. The second-order valence-corrected chi connectivity index (χ2v) is 10.7. The molecule has 0 saturated carbocycles. The van der Waals surface area contributed by atoms with Crippen LogP contribution in [0.15, 0.2) is 72.9 Å². The summed E-state index contributed by atoms with van der Waals surface area (Å²) in [5.41, 5.74) is 3.32. The van der Waals surface area contributed by atoms with Gasteiger partial charge in [0, 0.05) is 43.8 Å². The third-order valence-corrected chi connectivity index (χ3v) is 8.11. The molecular weight excluding hydrogens is 488 g/mol. The number of likely N-dealkylation sites (tertiary alicyclic amines) is 1. The molecule has 8 nitrogen and oxygen atoms in total. The van der Waals surface area contributed by atoms with Crippen LogP contribution in [0.1, 0.15) is 36.8 Å². The zero-order valence-corrected chi connectivity index (χ0v) is 22.2. The Bertz CT molecular complexity index is 1400. The summed E-state index contributed by atoms with van der Waals surface area (Å²) in [6.07, 6.45) is 6.31. The van der Waals surface area contributed by atoms with Crippen LogP contribution in [-0.2, 0) is 17.8 Å². The fourth-order valence-electron chi connectivity index (χ4n) is 6.04. The number of aliphatic hydroxyl groups excluding tert-OH is 1. The minimum absolute atomic E-state index is 0.0601. The summed E-state index contributed by atoms with van der Waals surface area (Å²) in [7, 11) is 0. The SMILES string of the molecule is O=C(Cc1cn(-c2ccc(N3CCCC3CO)nn2)c2ccccc12)NC1CCN(Cc2ccccc2)CC1. The highest BCUT2D eigenvalue weighted by Gasteiger charge is 2.25. The second kappa shape index (κ2) is 11.6. The number of hydrogen-bond donors (Lipinski definition) is 2. The molecule has 0 bridgehead atoms. The number of para-hydroxylation sites is 1. The average molecular weight is 525 g/mol. The Labute approximate surface area is 229 Å². The minimum atomic E-state index is 0.0601. The van der Waals surface area contributed by atoms with Gasteiger partial charge in [-0.15, -0.1) is 10.2 Å². The summed E-state index contributed by atoms with van der Waals surface area (Å²) in [5.74, 6) is 1.57. The van der Waals surface area contributed by atoms with Gasteiger partial charge < -0.3 is 15.3 Å². The molecule has 0 spiro atoms. The van der Waals surface area contributed by atoms with E-state index in [0.29, 0.717) is 12.2 Å². The van der Waals surface area contributed by atoms with Gasteiger partial charge in [-0.05, 0) is 55.0 Å². The quantitative estimate of drug-likeness (QED) is 0.366. The van der Waals surface area contributed by atoms with Gasteiger partial charge in [0.2, 0.25) is 5.91 Å². The largest absolute Gasteiger partial charge is 0.394 e. The Kier molecular flexibility index (Phi) is 7.56. The van der Waals surface area contributed by atoms with E-state index in [0.717, 1.165) is 74.1 Å². The van der Waals surface area contributed by atoms with Gasteiger partial charge in [-0.25, -0.2) is 0 Å². The van der Waals surface area contributed by atoms with Gasteiger partial charge in [0.05, 0.1) is 24.6 Å². The van der Waals surface area contributed by atoms with Gasteiger partial charge in [-0.2, -0.15) is 0 Å². The standard InChI is InChI=1S/C31H36N6O2/c38-22-26-9-6-16-36(26)29-12-13-30(34-33-29)37-21-24(27-10-4-5-11-28(27)37)19-31(39)32-25-14-17-35(18-15-25)20-23-7-2-1-3-8-23/h1-5,7-8,10-13,21,25-26,38H,6,9,14-20,22H2,(H,32,39). The van der Waals surface area contributed by atoms with Crippen LogP contribution in [0.3, 0.4) is 0 Å². The van der Waals surface area contributed by atoms with E-state index in [2.05, 4.69) is 67.8 Å². The summed E-state index contributed by atoms with van der Waals surface area (Å²) in [5, 5.41) is 23.0. The van der Waals surface area contributed by atoms with Crippen LogP contribution in [0, 0.1) is 0 Å². The molecule has 0 radical (unpaired) electrons. The number of anilines is 1. The van der Waals surface area contributed by atoms with E-state index in [-0.39, 0.29) is 24.6 Å². The lowest BCUT2D eigenvalue weighted by atomic mass is 10.0. The van der Waals surface area contributed by atoms with Crippen molar-refractivity contribution < 1.29 is 9.90 Å². The summed E-state index contributed by atoms with van der Waals surface area (Å²) in [4.78, 5) is 17.7. The molecule has 202 valence electrons. The van der Waals surface area contributed by atoms with Gasteiger partial charge in [0.25, 0.3) is 0 Å². The van der Waals surface area contributed by atoms with E-state index in [1.165, 1.54) is 5.56 Å². The molecule has 6 rings (SSSR count). The zero-order chi connectivity index (χ0) is 26.6. The first-order valence-electron chi connectivity index (χ1n) is 14.0. The predicted molar refractivity (Wildman–Crippen MR) is 153 cm³/mol. The molecule has 2 aromatic heterocycles. The van der Waals surface area contributed by atoms with Gasteiger partial charge in [-0.3, -0.25) is 14.3 Å². The molecule has 8 heteroatoms. The van der Waals surface area contributed by atoms with Crippen molar-refractivity contribution in [1.29, 1.82) is 0 Å². The van der Waals surface area contributed by atoms with Crippen LogP contribution >= 0.6 is 0 Å². The van der Waals surface area contributed by atoms with Crippen molar-refractivity contribution >= 4 is 22.6 Å². The first-order chi connectivity index (χ1) is 19.2. The molecule has 2 aliphatic rings. The number of piperidine rings is 1. The van der Waals surface area contributed by atoms with E-state index in [9.17, 15) is 9.90 Å². The van der Waals surface area contributed by atoms with Crippen LogP contribution in [0.25, 0.3) is 16.7 Å². The number of benzene rings is 2. The highest BCUT2D eigenvalue weighted by atomic mass is 16.3. The Morgan fingerprint density at radius 3 is 2.41 bits per heavy atom. The molecule has 2 N–H and O–H groups in total. The number of carbonyl (C=O) groups excluding carboxylic acids is 1. The maximum absolute atomic E-state index is 13.1. The molecule has 1 unspecified atom stereocenters. The zero-order valence-electron chi connectivity index (χ0n) is 22.2. The Morgan fingerprint density at radius 1 is 0.897 bits per heavy atom. The molecule has 4 heterocycles. The third-order valence-electron chi connectivity index (χ3n) is 8.11. The van der Waals surface area contributed by atoms with Crippen LogP contribution in [0.5, 0.6) is 0 Å². The number of nitrogens with zero attached hydrogens (tertiary/aromatic N) is 5. The van der Waals surface area contributed by atoms with E-state index >= 15 is 0 Å². The van der Waals surface area contributed by atoms with Crippen molar-refractivity contribution in [1.82, 2.24) is 25.0 Å². The summed E-state index contributed by atoms with van der Waals surface area (Å²) < 4.78 is 2.02. The lowest BCUT2D eigenvalue weighted by molar-refractivity contribution is -0.121. The van der Waals surface area contributed by atoms with Crippen molar-refractivity contribution in [3.63, 3.8) is 0 Å². The number of rotatable bonds is 8. The number of aliphatic hydroxyl groups is 1. The normalized spacial score (nSPS) is 18.6. The lowest BCUT2D eigenvalue weighted by Crippen LogP contribution is -2.44. The molecular formula is C31H36N6O2. The maximum atomic E-state index is 13.1. The number of fused-ring (bicyclic) bond motifs is 1. The number of aromatic nitrogens is 3. The highest BCUT2D eigenvalue weighted by molar-refractivity contribution is 5.90. The average Bonchev–Trinajstić information content (AvgIpc) is 3.60. The van der Waals surface area contributed by atoms with Crippen molar-refractivity contribution in [2.75, 3.05) is 31.1 Å². The summed E-state index contributed by atoms with van der Waals surface area (Å²) in [6, 6.07) is 23.0. The summed E-state index contributed by atoms with van der Waals surface area (Å²) >= 11 is 0. The van der Waals surface area contributed by atoms with Crippen molar-refractivity contribution in [3.05, 3.63) is 84.1 Å². The monoisotopic (exact) mass is 524 g/mol. The van der Waals surface area contributed by atoms with Crippen LogP contribution < -0.4 is 10.2 Å². The molecule has 2 aromatic carbocycles. The molecule has 1 atom stereocenters. The predicted octanol–water partition coefficient (Wildman–Crippen LogP) is 3.70.